The van der Waals surface area contributed by atoms with Crippen LogP contribution in [-0.4, -0.2) is 4.98 Å². The van der Waals surface area contributed by atoms with Gasteiger partial charge in [0.05, 0.1) is 0 Å². The van der Waals surface area contributed by atoms with Gasteiger partial charge in [0.25, 0.3) is 0 Å². The first kappa shape index (κ1) is 11.6. The first-order chi connectivity index (χ1) is 9.81. The Hall–Kier alpha value is -2.19. The standard InChI is InChI=1S/C18H13NS/c1-12-4-6-13(7-5-12)14-8-9-17-16(11-14)15-3-2-10-19-18(15)20-17/h2-11H,1H3. The predicted octanol–water partition coefficient (Wildman–Crippen LogP) is 5.42. The van der Waals surface area contributed by atoms with Crippen molar-refractivity contribution >= 4 is 31.6 Å². The van der Waals surface area contributed by atoms with Crippen molar-refractivity contribution in [3.05, 3.63) is 66.4 Å². The summed E-state index contributed by atoms with van der Waals surface area (Å²) in [5, 5.41) is 2.55. The minimum atomic E-state index is 1.11. The van der Waals surface area contributed by atoms with Crippen molar-refractivity contribution < 1.29 is 0 Å². The fraction of sp³-hybridized carbons (Fsp3) is 0.0556. The van der Waals surface area contributed by atoms with E-state index in [-0.39, 0.29) is 0 Å². The second-order valence-electron chi connectivity index (χ2n) is 5.04. The Morgan fingerprint density at radius 3 is 2.50 bits per heavy atom. The van der Waals surface area contributed by atoms with E-state index in [9.17, 15) is 0 Å². The number of benzene rings is 2. The Kier molecular flexibility index (Phi) is 2.57. The molecule has 2 aromatic heterocycles. The van der Waals surface area contributed by atoms with Crippen molar-refractivity contribution in [2.75, 3.05) is 0 Å². The van der Waals surface area contributed by atoms with Gasteiger partial charge in [-0.25, -0.2) is 4.98 Å². The third-order valence-corrected chi connectivity index (χ3v) is 4.73. The van der Waals surface area contributed by atoms with Crippen LogP contribution in [0.5, 0.6) is 0 Å². The van der Waals surface area contributed by atoms with Gasteiger partial charge < -0.3 is 0 Å². The van der Waals surface area contributed by atoms with Gasteiger partial charge in [0.2, 0.25) is 0 Å². The van der Waals surface area contributed by atoms with Crippen molar-refractivity contribution in [2.45, 2.75) is 6.92 Å². The van der Waals surface area contributed by atoms with E-state index in [0.717, 1.165) is 4.83 Å². The van der Waals surface area contributed by atoms with Crippen molar-refractivity contribution in [3.63, 3.8) is 0 Å². The molecule has 0 spiro atoms. The Labute approximate surface area is 121 Å². The van der Waals surface area contributed by atoms with Crippen molar-refractivity contribution in [2.24, 2.45) is 0 Å². The van der Waals surface area contributed by atoms with E-state index in [2.05, 4.69) is 60.4 Å². The molecule has 0 amide bonds. The van der Waals surface area contributed by atoms with Crippen LogP contribution in [-0.2, 0) is 0 Å². The lowest BCUT2D eigenvalue weighted by atomic mass is 10.0. The fourth-order valence-corrected chi connectivity index (χ4v) is 3.56. The summed E-state index contributed by atoms with van der Waals surface area (Å²) in [6.45, 7) is 2.12. The zero-order valence-electron chi connectivity index (χ0n) is 11.1. The van der Waals surface area contributed by atoms with Gasteiger partial charge in [-0.15, -0.1) is 11.3 Å². The van der Waals surface area contributed by atoms with Crippen LogP contribution in [0.4, 0.5) is 0 Å². The number of aromatic nitrogens is 1. The highest BCUT2D eigenvalue weighted by atomic mass is 32.1. The van der Waals surface area contributed by atoms with Crippen LogP contribution in [0.1, 0.15) is 5.56 Å². The summed E-state index contributed by atoms with van der Waals surface area (Å²) in [5.74, 6) is 0. The van der Waals surface area contributed by atoms with E-state index in [1.807, 2.05) is 12.3 Å². The molecule has 0 saturated heterocycles. The molecule has 0 aliphatic heterocycles. The third kappa shape index (κ3) is 1.81. The number of thiophene rings is 1. The highest BCUT2D eigenvalue weighted by Crippen LogP contribution is 2.35. The minimum absolute atomic E-state index is 1.11. The van der Waals surface area contributed by atoms with Gasteiger partial charge in [0, 0.05) is 21.7 Å². The lowest BCUT2D eigenvalue weighted by Crippen LogP contribution is -1.78. The summed E-state index contributed by atoms with van der Waals surface area (Å²) in [7, 11) is 0. The number of hydrogen-bond acceptors (Lipinski definition) is 2. The Morgan fingerprint density at radius 2 is 1.65 bits per heavy atom. The molecule has 2 heterocycles. The monoisotopic (exact) mass is 275 g/mol. The summed E-state index contributed by atoms with van der Waals surface area (Å²) >= 11 is 1.76. The van der Waals surface area contributed by atoms with E-state index in [0.29, 0.717) is 0 Å². The number of aryl methyl sites for hydroxylation is 1. The number of nitrogens with zero attached hydrogens (tertiary/aromatic N) is 1. The molecule has 0 aliphatic carbocycles. The van der Waals surface area contributed by atoms with Gasteiger partial charge in [-0.05, 0) is 42.3 Å². The lowest BCUT2D eigenvalue weighted by Gasteiger charge is -2.03. The molecule has 20 heavy (non-hydrogen) atoms. The molecule has 1 nitrogen and oxygen atoms in total. The average molecular weight is 275 g/mol. The smallest absolute Gasteiger partial charge is 0.124 e. The maximum Gasteiger partial charge on any atom is 0.124 e. The van der Waals surface area contributed by atoms with Crippen molar-refractivity contribution in [1.29, 1.82) is 0 Å². The molecule has 0 aliphatic rings. The molecular formula is C18H13NS. The highest BCUT2D eigenvalue weighted by molar-refractivity contribution is 7.25. The molecule has 0 radical (unpaired) electrons. The molecule has 0 saturated carbocycles. The molecule has 0 bridgehead atoms. The average Bonchev–Trinajstić information content (AvgIpc) is 2.86. The van der Waals surface area contributed by atoms with Gasteiger partial charge in [-0.1, -0.05) is 35.9 Å². The predicted molar refractivity (Wildman–Crippen MR) is 87.3 cm³/mol. The van der Waals surface area contributed by atoms with Gasteiger partial charge in [0.1, 0.15) is 4.83 Å². The van der Waals surface area contributed by atoms with Gasteiger partial charge in [-0.2, -0.15) is 0 Å². The minimum Gasteiger partial charge on any atom is -0.245 e. The van der Waals surface area contributed by atoms with Crippen LogP contribution >= 0.6 is 11.3 Å². The fourth-order valence-electron chi connectivity index (χ4n) is 2.54. The maximum absolute atomic E-state index is 4.45. The Bertz CT molecular complexity index is 904. The number of hydrogen-bond donors (Lipinski definition) is 0. The van der Waals surface area contributed by atoms with Crippen LogP contribution in [0.2, 0.25) is 0 Å². The molecule has 4 aromatic rings. The lowest BCUT2D eigenvalue weighted by molar-refractivity contribution is 1.45. The molecule has 0 fully saturated rings. The molecule has 2 heteroatoms. The van der Waals surface area contributed by atoms with Crippen LogP contribution in [0, 0.1) is 6.92 Å². The van der Waals surface area contributed by atoms with E-state index < -0.39 is 0 Å². The summed E-state index contributed by atoms with van der Waals surface area (Å²) in [6, 6.07) is 19.5. The maximum atomic E-state index is 4.45. The molecule has 0 atom stereocenters. The molecule has 96 valence electrons. The van der Waals surface area contributed by atoms with Crippen molar-refractivity contribution in [3.8, 4) is 11.1 Å². The number of rotatable bonds is 1. The second-order valence-corrected chi connectivity index (χ2v) is 6.07. The van der Waals surface area contributed by atoms with Crippen molar-refractivity contribution in [1.82, 2.24) is 4.98 Å². The quantitative estimate of drug-likeness (QED) is 0.451. The zero-order valence-corrected chi connectivity index (χ0v) is 11.9. The molecule has 4 rings (SSSR count). The molecule has 0 unspecified atom stereocenters. The SMILES string of the molecule is Cc1ccc(-c2ccc3sc4ncccc4c3c2)cc1. The topological polar surface area (TPSA) is 12.9 Å². The summed E-state index contributed by atoms with van der Waals surface area (Å²) < 4.78 is 1.30. The van der Waals surface area contributed by atoms with E-state index in [1.165, 1.54) is 32.2 Å². The first-order valence-electron chi connectivity index (χ1n) is 6.65. The molecule has 0 N–H and O–H groups in total. The van der Waals surface area contributed by atoms with Crippen LogP contribution in [0.15, 0.2) is 60.8 Å². The largest absolute Gasteiger partial charge is 0.245 e. The van der Waals surface area contributed by atoms with E-state index in [4.69, 9.17) is 0 Å². The number of fused-ring (bicyclic) bond motifs is 3. The first-order valence-corrected chi connectivity index (χ1v) is 7.47. The summed E-state index contributed by atoms with van der Waals surface area (Å²) in [6.07, 6.45) is 1.86. The highest BCUT2D eigenvalue weighted by Gasteiger charge is 2.07. The van der Waals surface area contributed by atoms with E-state index in [1.54, 1.807) is 11.3 Å². The Balaban J connectivity index is 1.97. The van der Waals surface area contributed by atoms with Gasteiger partial charge in [-0.3, -0.25) is 0 Å². The van der Waals surface area contributed by atoms with Crippen LogP contribution < -0.4 is 0 Å². The van der Waals surface area contributed by atoms with Gasteiger partial charge >= 0.3 is 0 Å². The molecule has 2 aromatic carbocycles. The van der Waals surface area contributed by atoms with Crippen LogP contribution in [0.3, 0.4) is 0 Å². The summed E-state index contributed by atoms with van der Waals surface area (Å²) in [5.41, 5.74) is 3.82. The molecular weight excluding hydrogens is 262 g/mol. The normalized spacial score (nSPS) is 11.2. The zero-order chi connectivity index (χ0) is 13.5. The number of pyridine rings is 1. The third-order valence-electron chi connectivity index (χ3n) is 3.63. The summed E-state index contributed by atoms with van der Waals surface area (Å²) in [4.78, 5) is 5.57. The van der Waals surface area contributed by atoms with Gasteiger partial charge in [0.15, 0.2) is 0 Å². The van der Waals surface area contributed by atoms with E-state index >= 15 is 0 Å². The Morgan fingerprint density at radius 1 is 0.850 bits per heavy atom. The van der Waals surface area contributed by atoms with Crippen LogP contribution in [0.25, 0.3) is 31.4 Å². The second kappa shape index (κ2) is 4.43.